The fraction of sp³-hybridized carbons (Fsp3) is 0.350. The van der Waals surface area contributed by atoms with Crippen LogP contribution in [-0.2, 0) is 4.74 Å². The van der Waals surface area contributed by atoms with Crippen LogP contribution in [0.15, 0.2) is 54.6 Å². The number of carbonyl (C=O) groups excluding carboxylic acids is 1. The molecule has 1 aliphatic rings. The number of ether oxygens (including phenoxy) is 1. The standard InChI is InChI=1S/C20H23NO2/c1-16-9-11-18(12-10-16)20(22)23-19(15-21-13-5-6-14-21)17-7-3-2-4-8-17/h2-4,7-12,19H,5-6,13-15H2,1H3. The highest BCUT2D eigenvalue weighted by atomic mass is 16.5. The van der Waals surface area contributed by atoms with Crippen molar-refractivity contribution in [2.24, 2.45) is 0 Å². The molecule has 0 spiro atoms. The summed E-state index contributed by atoms with van der Waals surface area (Å²) in [4.78, 5) is 14.8. The molecule has 1 unspecified atom stereocenters. The van der Waals surface area contributed by atoms with Gasteiger partial charge in [-0.3, -0.25) is 4.90 Å². The van der Waals surface area contributed by atoms with Gasteiger partial charge in [-0.15, -0.1) is 0 Å². The van der Waals surface area contributed by atoms with E-state index in [9.17, 15) is 4.79 Å². The minimum absolute atomic E-state index is 0.219. The monoisotopic (exact) mass is 309 g/mol. The van der Waals surface area contributed by atoms with Crippen LogP contribution >= 0.6 is 0 Å². The van der Waals surface area contributed by atoms with Gasteiger partial charge in [0.15, 0.2) is 0 Å². The summed E-state index contributed by atoms with van der Waals surface area (Å²) in [6, 6.07) is 17.6. The van der Waals surface area contributed by atoms with Gasteiger partial charge in [0.25, 0.3) is 0 Å². The summed E-state index contributed by atoms with van der Waals surface area (Å²) in [6.45, 7) is 4.95. The van der Waals surface area contributed by atoms with Crippen molar-refractivity contribution in [1.29, 1.82) is 0 Å². The average molecular weight is 309 g/mol. The first-order valence-corrected chi connectivity index (χ1v) is 8.27. The molecule has 3 nitrogen and oxygen atoms in total. The molecule has 0 aromatic heterocycles. The van der Waals surface area contributed by atoms with Crippen molar-refractivity contribution in [2.75, 3.05) is 19.6 Å². The molecule has 120 valence electrons. The van der Waals surface area contributed by atoms with Gasteiger partial charge >= 0.3 is 5.97 Å². The summed E-state index contributed by atoms with van der Waals surface area (Å²) in [6.07, 6.45) is 2.24. The first-order valence-electron chi connectivity index (χ1n) is 8.27. The van der Waals surface area contributed by atoms with E-state index in [1.807, 2.05) is 61.5 Å². The van der Waals surface area contributed by atoms with Gasteiger partial charge in [-0.25, -0.2) is 4.79 Å². The van der Waals surface area contributed by atoms with E-state index in [2.05, 4.69) is 4.90 Å². The van der Waals surface area contributed by atoms with Gasteiger partial charge < -0.3 is 4.74 Å². The summed E-state index contributed by atoms with van der Waals surface area (Å²) < 4.78 is 5.84. The molecule has 0 N–H and O–H groups in total. The van der Waals surface area contributed by atoms with Gasteiger partial charge in [0, 0.05) is 6.54 Å². The van der Waals surface area contributed by atoms with Crippen LogP contribution in [0.3, 0.4) is 0 Å². The van der Waals surface area contributed by atoms with Crippen LogP contribution in [0.5, 0.6) is 0 Å². The van der Waals surface area contributed by atoms with Crippen molar-refractivity contribution < 1.29 is 9.53 Å². The third-order valence-corrected chi connectivity index (χ3v) is 4.33. The molecule has 1 fully saturated rings. The third-order valence-electron chi connectivity index (χ3n) is 4.33. The molecule has 0 bridgehead atoms. The fourth-order valence-corrected chi connectivity index (χ4v) is 2.97. The first-order chi connectivity index (χ1) is 11.2. The molecule has 0 aliphatic carbocycles. The molecule has 23 heavy (non-hydrogen) atoms. The molecule has 3 heteroatoms. The lowest BCUT2D eigenvalue weighted by Crippen LogP contribution is -2.28. The molecule has 0 saturated carbocycles. The molecule has 1 saturated heterocycles. The van der Waals surface area contributed by atoms with E-state index >= 15 is 0 Å². The van der Waals surface area contributed by atoms with Gasteiger partial charge in [-0.1, -0.05) is 48.0 Å². The van der Waals surface area contributed by atoms with Gasteiger partial charge in [0.05, 0.1) is 5.56 Å². The van der Waals surface area contributed by atoms with Crippen LogP contribution < -0.4 is 0 Å². The summed E-state index contributed by atoms with van der Waals surface area (Å²) in [5.41, 5.74) is 2.80. The maximum atomic E-state index is 12.5. The summed E-state index contributed by atoms with van der Waals surface area (Å²) in [5.74, 6) is -0.252. The molecule has 2 aromatic rings. The molecule has 0 radical (unpaired) electrons. The molecule has 0 amide bonds. The summed E-state index contributed by atoms with van der Waals surface area (Å²) >= 11 is 0. The quantitative estimate of drug-likeness (QED) is 0.782. The first kappa shape index (κ1) is 15.8. The zero-order chi connectivity index (χ0) is 16.1. The highest BCUT2D eigenvalue weighted by Gasteiger charge is 2.22. The van der Waals surface area contributed by atoms with Gasteiger partial charge in [-0.05, 0) is 50.6 Å². The van der Waals surface area contributed by atoms with E-state index in [0.29, 0.717) is 5.56 Å². The van der Waals surface area contributed by atoms with E-state index in [0.717, 1.165) is 30.8 Å². The van der Waals surface area contributed by atoms with Crippen LogP contribution in [0, 0.1) is 6.92 Å². The number of nitrogens with zero attached hydrogens (tertiary/aromatic N) is 1. The van der Waals surface area contributed by atoms with E-state index in [-0.39, 0.29) is 12.1 Å². The van der Waals surface area contributed by atoms with E-state index < -0.39 is 0 Å². The minimum atomic E-state index is -0.252. The number of esters is 1. The topological polar surface area (TPSA) is 29.5 Å². The van der Waals surface area contributed by atoms with E-state index in [1.165, 1.54) is 12.8 Å². The number of rotatable bonds is 5. The number of aryl methyl sites for hydroxylation is 1. The number of likely N-dealkylation sites (tertiary alicyclic amines) is 1. The molecular formula is C20H23NO2. The maximum absolute atomic E-state index is 12.5. The number of benzene rings is 2. The molecular weight excluding hydrogens is 286 g/mol. The predicted octanol–water partition coefficient (Wildman–Crippen LogP) is 3.99. The second-order valence-corrected chi connectivity index (χ2v) is 6.18. The zero-order valence-electron chi connectivity index (χ0n) is 13.6. The second kappa shape index (κ2) is 7.42. The molecule has 1 aliphatic heterocycles. The molecule has 3 rings (SSSR count). The van der Waals surface area contributed by atoms with Crippen molar-refractivity contribution in [2.45, 2.75) is 25.9 Å². The number of carbonyl (C=O) groups is 1. The Morgan fingerprint density at radius 1 is 1.04 bits per heavy atom. The lowest BCUT2D eigenvalue weighted by molar-refractivity contribution is 0.0216. The normalized spacial score (nSPS) is 16.2. The maximum Gasteiger partial charge on any atom is 0.338 e. The molecule has 1 heterocycles. The van der Waals surface area contributed by atoms with Gasteiger partial charge in [-0.2, -0.15) is 0 Å². The Balaban J connectivity index is 1.74. The Labute approximate surface area is 137 Å². The van der Waals surface area contributed by atoms with Crippen LogP contribution in [0.2, 0.25) is 0 Å². The highest BCUT2D eigenvalue weighted by Crippen LogP contribution is 2.22. The lowest BCUT2D eigenvalue weighted by atomic mass is 10.1. The average Bonchev–Trinajstić information content (AvgIpc) is 3.09. The Bertz CT molecular complexity index is 630. The van der Waals surface area contributed by atoms with E-state index in [1.54, 1.807) is 0 Å². The Kier molecular flexibility index (Phi) is 5.09. The Morgan fingerprint density at radius 3 is 2.35 bits per heavy atom. The predicted molar refractivity (Wildman–Crippen MR) is 91.5 cm³/mol. The number of hydrogen-bond donors (Lipinski definition) is 0. The van der Waals surface area contributed by atoms with E-state index in [4.69, 9.17) is 4.74 Å². The largest absolute Gasteiger partial charge is 0.453 e. The molecule has 2 aromatic carbocycles. The third kappa shape index (κ3) is 4.20. The van der Waals surface area contributed by atoms with Gasteiger partial charge in [0.2, 0.25) is 0 Å². The SMILES string of the molecule is Cc1ccc(C(=O)OC(CN2CCCC2)c2ccccc2)cc1. The number of hydrogen-bond acceptors (Lipinski definition) is 3. The van der Waals surface area contributed by atoms with Crippen molar-refractivity contribution in [1.82, 2.24) is 4.90 Å². The summed E-state index contributed by atoms with van der Waals surface area (Å²) in [5, 5.41) is 0. The van der Waals surface area contributed by atoms with Crippen molar-refractivity contribution >= 4 is 5.97 Å². The minimum Gasteiger partial charge on any atom is -0.453 e. The lowest BCUT2D eigenvalue weighted by Gasteiger charge is -2.24. The van der Waals surface area contributed by atoms with Crippen LogP contribution in [0.25, 0.3) is 0 Å². The summed E-state index contributed by atoms with van der Waals surface area (Å²) in [7, 11) is 0. The van der Waals surface area contributed by atoms with Crippen molar-refractivity contribution in [3.05, 3.63) is 71.3 Å². The second-order valence-electron chi connectivity index (χ2n) is 6.18. The smallest absolute Gasteiger partial charge is 0.338 e. The fourth-order valence-electron chi connectivity index (χ4n) is 2.97. The highest BCUT2D eigenvalue weighted by molar-refractivity contribution is 5.89. The van der Waals surface area contributed by atoms with Gasteiger partial charge in [0.1, 0.15) is 6.10 Å². The van der Waals surface area contributed by atoms with Crippen molar-refractivity contribution in [3.8, 4) is 0 Å². The Hall–Kier alpha value is -2.13. The molecule has 1 atom stereocenters. The van der Waals surface area contributed by atoms with Crippen LogP contribution in [0.4, 0.5) is 0 Å². The Morgan fingerprint density at radius 2 is 1.70 bits per heavy atom. The van der Waals surface area contributed by atoms with Crippen LogP contribution in [-0.4, -0.2) is 30.5 Å². The zero-order valence-corrected chi connectivity index (χ0v) is 13.6. The van der Waals surface area contributed by atoms with Crippen LogP contribution in [0.1, 0.15) is 40.4 Å². The van der Waals surface area contributed by atoms with Crippen molar-refractivity contribution in [3.63, 3.8) is 0 Å².